The molecule has 2 N–H and O–H groups in total. The minimum Gasteiger partial charge on any atom is -0.483 e. The summed E-state index contributed by atoms with van der Waals surface area (Å²) in [6, 6.07) is 5.33. The fraction of sp³-hybridized carbons (Fsp3) is 0.429. The third-order valence-electron chi connectivity index (χ3n) is 2.64. The normalized spacial score (nSPS) is 11.7. The Kier molecular flexibility index (Phi) is 5.36. The van der Waals surface area contributed by atoms with Gasteiger partial charge < -0.3 is 15.2 Å². The Hall–Kier alpha value is -2.04. The molecule has 1 unspecified atom stereocenters. The number of ether oxygens (including phenoxy) is 1. The van der Waals surface area contributed by atoms with Gasteiger partial charge in [0.2, 0.25) is 0 Å². The number of carbonyl (C=O) groups excluding carboxylic acids is 1. The van der Waals surface area contributed by atoms with Crippen LogP contribution < -0.4 is 10.1 Å². The lowest BCUT2D eigenvalue weighted by atomic mass is 10.1. The SMILES string of the molecule is Cc1cccc(C)c1OCC(=O)NC(C)CC(=O)O. The number of carbonyl (C=O) groups is 2. The summed E-state index contributed by atoms with van der Waals surface area (Å²) in [5.41, 5.74) is 1.93. The standard InChI is InChI=1S/C14H19NO4/c1-9-5-4-6-10(2)14(9)19-8-12(16)15-11(3)7-13(17)18/h4-6,11H,7-8H2,1-3H3,(H,15,16)(H,17,18). The molecule has 1 amide bonds. The Morgan fingerprint density at radius 1 is 1.32 bits per heavy atom. The van der Waals surface area contributed by atoms with Gasteiger partial charge in [0.25, 0.3) is 5.91 Å². The Labute approximate surface area is 112 Å². The van der Waals surface area contributed by atoms with E-state index in [9.17, 15) is 9.59 Å². The van der Waals surface area contributed by atoms with Gasteiger partial charge in [-0.1, -0.05) is 18.2 Å². The van der Waals surface area contributed by atoms with Gasteiger partial charge in [-0.2, -0.15) is 0 Å². The molecule has 0 aliphatic rings. The Bertz CT molecular complexity index is 450. The van der Waals surface area contributed by atoms with Gasteiger partial charge >= 0.3 is 5.97 Å². The van der Waals surface area contributed by atoms with E-state index in [1.165, 1.54) is 0 Å². The highest BCUT2D eigenvalue weighted by Gasteiger charge is 2.12. The van der Waals surface area contributed by atoms with Crippen molar-refractivity contribution in [3.05, 3.63) is 29.3 Å². The maximum absolute atomic E-state index is 11.6. The monoisotopic (exact) mass is 265 g/mol. The van der Waals surface area contributed by atoms with Crippen LogP contribution in [-0.2, 0) is 9.59 Å². The van der Waals surface area contributed by atoms with Gasteiger partial charge in [0, 0.05) is 6.04 Å². The zero-order chi connectivity index (χ0) is 14.4. The van der Waals surface area contributed by atoms with Crippen LogP contribution in [0.3, 0.4) is 0 Å². The van der Waals surface area contributed by atoms with Crippen molar-refractivity contribution in [1.29, 1.82) is 0 Å². The summed E-state index contributed by atoms with van der Waals surface area (Å²) in [5, 5.41) is 11.2. The first-order valence-corrected chi connectivity index (χ1v) is 6.10. The lowest BCUT2D eigenvalue weighted by Gasteiger charge is -2.14. The Morgan fingerprint density at radius 3 is 2.42 bits per heavy atom. The molecule has 1 atom stereocenters. The van der Waals surface area contributed by atoms with Crippen molar-refractivity contribution in [2.75, 3.05) is 6.61 Å². The molecule has 1 aromatic carbocycles. The van der Waals surface area contributed by atoms with Gasteiger partial charge in [0.15, 0.2) is 6.61 Å². The van der Waals surface area contributed by atoms with Gasteiger partial charge in [-0.05, 0) is 31.9 Å². The molecule has 0 saturated carbocycles. The number of aryl methyl sites for hydroxylation is 2. The molecule has 5 nitrogen and oxygen atoms in total. The Balaban J connectivity index is 2.48. The van der Waals surface area contributed by atoms with E-state index in [2.05, 4.69) is 5.32 Å². The summed E-state index contributed by atoms with van der Waals surface area (Å²) in [6.45, 7) is 5.35. The van der Waals surface area contributed by atoms with Crippen LogP contribution in [0.15, 0.2) is 18.2 Å². The molecule has 0 aliphatic carbocycles. The van der Waals surface area contributed by atoms with E-state index in [1.807, 2.05) is 32.0 Å². The number of hydrogen-bond donors (Lipinski definition) is 2. The molecule has 0 aromatic heterocycles. The maximum Gasteiger partial charge on any atom is 0.305 e. The van der Waals surface area contributed by atoms with E-state index in [0.29, 0.717) is 5.75 Å². The molecular formula is C14H19NO4. The molecule has 1 rings (SSSR count). The van der Waals surface area contributed by atoms with E-state index >= 15 is 0 Å². The van der Waals surface area contributed by atoms with E-state index in [0.717, 1.165) is 11.1 Å². The van der Waals surface area contributed by atoms with Crippen LogP contribution >= 0.6 is 0 Å². The topological polar surface area (TPSA) is 75.6 Å². The zero-order valence-corrected chi connectivity index (χ0v) is 11.4. The Morgan fingerprint density at radius 2 is 1.89 bits per heavy atom. The number of hydrogen-bond acceptors (Lipinski definition) is 3. The number of benzene rings is 1. The predicted molar refractivity (Wildman–Crippen MR) is 71.3 cm³/mol. The molecular weight excluding hydrogens is 246 g/mol. The minimum atomic E-state index is -0.941. The number of carboxylic acids is 1. The van der Waals surface area contributed by atoms with E-state index in [-0.39, 0.29) is 18.9 Å². The highest BCUT2D eigenvalue weighted by Crippen LogP contribution is 2.21. The molecule has 0 heterocycles. The van der Waals surface area contributed by atoms with Gasteiger partial charge in [-0.15, -0.1) is 0 Å². The van der Waals surface area contributed by atoms with E-state index < -0.39 is 12.0 Å². The smallest absolute Gasteiger partial charge is 0.305 e. The van der Waals surface area contributed by atoms with Crippen molar-refractivity contribution in [2.24, 2.45) is 0 Å². The summed E-state index contributed by atoms with van der Waals surface area (Å²) in [7, 11) is 0. The van der Waals surface area contributed by atoms with Crippen molar-refractivity contribution in [2.45, 2.75) is 33.2 Å². The van der Waals surface area contributed by atoms with E-state index in [1.54, 1.807) is 6.92 Å². The number of nitrogens with one attached hydrogen (secondary N) is 1. The van der Waals surface area contributed by atoms with Crippen molar-refractivity contribution >= 4 is 11.9 Å². The summed E-state index contributed by atoms with van der Waals surface area (Å²) in [5.74, 6) is -0.566. The average molecular weight is 265 g/mol. The second kappa shape index (κ2) is 6.78. The largest absolute Gasteiger partial charge is 0.483 e. The predicted octanol–water partition coefficient (Wildman–Crippen LogP) is 1.66. The number of aliphatic carboxylic acids is 1. The number of para-hydroxylation sites is 1. The molecule has 0 saturated heterocycles. The maximum atomic E-state index is 11.6. The van der Waals surface area contributed by atoms with Gasteiger partial charge in [0.1, 0.15) is 5.75 Å². The number of amides is 1. The van der Waals surface area contributed by atoms with Crippen LogP contribution in [0, 0.1) is 13.8 Å². The molecule has 0 radical (unpaired) electrons. The van der Waals surface area contributed by atoms with Crippen molar-refractivity contribution in [1.82, 2.24) is 5.32 Å². The van der Waals surface area contributed by atoms with Crippen LogP contribution in [0.2, 0.25) is 0 Å². The molecule has 0 fully saturated rings. The van der Waals surface area contributed by atoms with Gasteiger partial charge in [0.05, 0.1) is 6.42 Å². The summed E-state index contributed by atoms with van der Waals surface area (Å²) in [6.07, 6.45) is -0.102. The van der Waals surface area contributed by atoms with Crippen LogP contribution in [0.25, 0.3) is 0 Å². The van der Waals surface area contributed by atoms with Crippen LogP contribution in [0.5, 0.6) is 5.75 Å². The molecule has 104 valence electrons. The molecule has 1 aromatic rings. The minimum absolute atomic E-state index is 0.102. The highest BCUT2D eigenvalue weighted by atomic mass is 16.5. The summed E-state index contributed by atoms with van der Waals surface area (Å²) >= 11 is 0. The fourth-order valence-corrected chi connectivity index (χ4v) is 1.79. The third-order valence-corrected chi connectivity index (χ3v) is 2.64. The molecule has 5 heteroatoms. The number of carboxylic acid groups (broad SMARTS) is 1. The first-order valence-electron chi connectivity index (χ1n) is 6.10. The third kappa shape index (κ3) is 4.99. The summed E-state index contributed by atoms with van der Waals surface area (Å²) in [4.78, 5) is 22.1. The molecule has 0 aliphatic heterocycles. The summed E-state index contributed by atoms with van der Waals surface area (Å²) < 4.78 is 5.48. The highest BCUT2D eigenvalue weighted by molar-refractivity contribution is 5.78. The molecule has 0 bridgehead atoms. The average Bonchev–Trinajstić information content (AvgIpc) is 2.26. The second-order valence-electron chi connectivity index (χ2n) is 4.58. The van der Waals surface area contributed by atoms with Crippen LogP contribution in [0.4, 0.5) is 0 Å². The second-order valence-corrected chi connectivity index (χ2v) is 4.58. The zero-order valence-electron chi connectivity index (χ0n) is 11.4. The quantitative estimate of drug-likeness (QED) is 0.820. The lowest BCUT2D eigenvalue weighted by Crippen LogP contribution is -2.37. The van der Waals surface area contributed by atoms with Crippen LogP contribution in [-0.4, -0.2) is 29.6 Å². The van der Waals surface area contributed by atoms with E-state index in [4.69, 9.17) is 9.84 Å². The van der Waals surface area contributed by atoms with Crippen LogP contribution in [0.1, 0.15) is 24.5 Å². The molecule has 19 heavy (non-hydrogen) atoms. The number of rotatable bonds is 6. The first kappa shape index (κ1) is 15.0. The lowest BCUT2D eigenvalue weighted by molar-refractivity contribution is -0.137. The van der Waals surface area contributed by atoms with Gasteiger partial charge in [-0.3, -0.25) is 9.59 Å². The first-order chi connectivity index (χ1) is 8.90. The van der Waals surface area contributed by atoms with Gasteiger partial charge in [-0.25, -0.2) is 0 Å². The van der Waals surface area contributed by atoms with Crippen molar-refractivity contribution in [3.63, 3.8) is 0 Å². The van der Waals surface area contributed by atoms with Crippen molar-refractivity contribution in [3.8, 4) is 5.75 Å². The molecule has 0 spiro atoms. The fourth-order valence-electron chi connectivity index (χ4n) is 1.79. The van der Waals surface area contributed by atoms with Crippen molar-refractivity contribution < 1.29 is 19.4 Å².